The second-order valence-electron chi connectivity index (χ2n) is 6.17. The predicted molar refractivity (Wildman–Crippen MR) is 95.4 cm³/mol. The van der Waals surface area contributed by atoms with E-state index in [0.717, 1.165) is 10.5 Å². The number of ether oxygens (including phenoxy) is 1. The Kier molecular flexibility index (Phi) is 4.31. The molecule has 0 spiro atoms. The van der Waals surface area contributed by atoms with Gasteiger partial charge in [0.2, 0.25) is 0 Å². The quantitative estimate of drug-likeness (QED) is 0.865. The van der Waals surface area contributed by atoms with Gasteiger partial charge in [-0.1, -0.05) is 42.0 Å². The molecular weight excluding hydrogens is 318 g/mol. The normalized spacial score (nSPS) is 14.6. The molecule has 128 valence electrons. The zero-order valence-electron chi connectivity index (χ0n) is 14.3. The van der Waals surface area contributed by atoms with Gasteiger partial charge in [-0.15, -0.1) is 0 Å². The van der Waals surface area contributed by atoms with Gasteiger partial charge in [-0.25, -0.2) is 4.90 Å². The topological polar surface area (TPSA) is 66.8 Å². The molecule has 0 aromatic heterocycles. The van der Waals surface area contributed by atoms with E-state index in [4.69, 9.17) is 4.74 Å². The number of aryl methyl sites for hydroxylation is 1. The van der Waals surface area contributed by atoms with E-state index in [0.29, 0.717) is 17.0 Å². The first-order valence-corrected chi connectivity index (χ1v) is 8.05. The van der Waals surface area contributed by atoms with Crippen LogP contribution in [0.3, 0.4) is 0 Å². The van der Waals surface area contributed by atoms with Crippen molar-refractivity contribution in [2.45, 2.75) is 26.9 Å². The minimum Gasteiger partial charge on any atom is -0.502 e. The summed E-state index contributed by atoms with van der Waals surface area (Å²) in [7, 11) is 0. The van der Waals surface area contributed by atoms with Crippen LogP contribution in [-0.2, 0) is 9.59 Å². The number of aliphatic hydroxyl groups excluding tert-OH is 1. The number of para-hydroxylation sites is 2. The van der Waals surface area contributed by atoms with Gasteiger partial charge in [-0.05, 0) is 38.5 Å². The minimum absolute atomic E-state index is 0.00403. The summed E-state index contributed by atoms with van der Waals surface area (Å²) in [5.74, 6) is -1.45. The van der Waals surface area contributed by atoms with E-state index in [1.165, 1.54) is 0 Å². The van der Waals surface area contributed by atoms with Crippen LogP contribution in [0.5, 0.6) is 5.75 Å². The van der Waals surface area contributed by atoms with Crippen LogP contribution in [-0.4, -0.2) is 23.0 Å². The van der Waals surface area contributed by atoms with Gasteiger partial charge in [0, 0.05) is 0 Å². The van der Waals surface area contributed by atoms with Crippen molar-refractivity contribution in [1.29, 1.82) is 0 Å². The van der Waals surface area contributed by atoms with Crippen molar-refractivity contribution in [2.75, 3.05) is 4.90 Å². The molecule has 1 N–H and O–H groups in total. The summed E-state index contributed by atoms with van der Waals surface area (Å²) >= 11 is 0. The molecule has 2 aromatic rings. The average Bonchev–Trinajstić information content (AvgIpc) is 2.79. The Balaban J connectivity index is 2.04. The maximum Gasteiger partial charge on any atom is 0.301 e. The lowest BCUT2D eigenvalue weighted by Gasteiger charge is -2.20. The molecule has 0 saturated heterocycles. The molecule has 25 heavy (non-hydrogen) atoms. The van der Waals surface area contributed by atoms with Gasteiger partial charge in [-0.3, -0.25) is 9.59 Å². The number of amides is 2. The average molecular weight is 337 g/mol. The summed E-state index contributed by atoms with van der Waals surface area (Å²) in [6, 6.07) is 13.9. The van der Waals surface area contributed by atoms with Crippen molar-refractivity contribution in [3.05, 3.63) is 65.4 Å². The van der Waals surface area contributed by atoms with Gasteiger partial charge < -0.3 is 9.84 Å². The van der Waals surface area contributed by atoms with Crippen molar-refractivity contribution in [2.24, 2.45) is 0 Å². The number of carbonyl (C=O) groups is 2. The molecule has 0 bridgehead atoms. The standard InChI is InChI=1S/C20H19NO4/c1-12(2)25-16-7-5-4-6-15(16)21-19(23)17(18(22)20(21)24)14-10-8-13(3)9-11-14/h4-12,22H,1-3H3. The lowest BCUT2D eigenvalue weighted by atomic mass is 10.0. The molecule has 1 aliphatic heterocycles. The third-order valence-electron chi connectivity index (χ3n) is 3.87. The van der Waals surface area contributed by atoms with E-state index in [1.807, 2.05) is 32.9 Å². The third kappa shape index (κ3) is 3.01. The number of imide groups is 1. The maximum absolute atomic E-state index is 12.9. The lowest BCUT2D eigenvalue weighted by molar-refractivity contribution is -0.121. The van der Waals surface area contributed by atoms with E-state index >= 15 is 0 Å². The van der Waals surface area contributed by atoms with Crippen LogP contribution >= 0.6 is 0 Å². The molecule has 2 aromatic carbocycles. The second kappa shape index (κ2) is 6.43. The molecule has 0 unspecified atom stereocenters. The number of hydrogen-bond donors (Lipinski definition) is 1. The fraction of sp³-hybridized carbons (Fsp3) is 0.200. The Bertz CT molecular complexity index is 866. The highest BCUT2D eigenvalue weighted by molar-refractivity contribution is 6.45. The molecular formula is C20H19NO4. The Morgan fingerprint density at radius 2 is 1.60 bits per heavy atom. The van der Waals surface area contributed by atoms with Gasteiger partial charge >= 0.3 is 5.91 Å². The second-order valence-corrected chi connectivity index (χ2v) is 6.17. The Morgan fingerprint density at radius 1 is 0.960 bits per heavy atom. The zero-order chi connectivity index (χ0) is 18.1. The SMILES string of the molecule is Cc1ccc(C2=C(O)C(=O)N(c3ccccc3OC(C)C)C2=O)cc1. The molecule has 1 aliphatic rings. The molecule has 5 nitrogen and oxygen atoms in total. The highest BCUT2D eigenvalue weighted by Gasteiger charge is 2.41. The highest BCUT2D eigenvalue weighted by Crippen LogP contribution is 2.37. The third-order valence-corrected chi connectivity index (χ3v) is 3.87. The number of rotatable bonds is 4. The Morgan fingerprint density at radius 3 is 2.24 bits per heavy atom. The van der Waals surface area contributed by atoms with Crippen LogP contribution in [0.25, 0.3) is 5.57 Å². The van der Waals surface area contributed by atoms with Crippen molar-refractivity contribution in [3.8, 4) is 5.75 Å². The first-order valence-electron chi connectivity index (χ1n) is 8.05. The Hall–Kier alpha value is -3.08. The number of hydrogen-bond acceptors (Lipinski definition) is 4. The van der Waals surface area contributed by atoms with Crippen LogP contribution in [0.4, 0.5) is 5.69 Å². The molecule has 0 atom stereocenters. The van der Waals surface area contributed by atoms with Gasteiger partial charge in [-0.2, -0.15) is 0 Å². The first-order chi connectivity index (χ1) is 11.9. The van der Waals surface area contributed by atoms with Crippen LogP contribution in [0.2, 0.25) is 0 Å². The fourth-order valence-corrected chi connectivity index (χ4v) is 2.71. The number of benzene rings is 2. The van der Waals surface area contributed by atoms with Crippen LogP contribution < -0.4 is 9.64 Å². The molecule has 0 aliphatic carbocycles. The van der Waals surface area contributed by atoms with Crippen molar-refractivity contribution >= 4 is 23.1 Å². The van der Waals surface area contributed by atoms with E-state index < -0.39 is 17.6 Å². The fourth-order valence-electron chi connectivity index (χ4n) is 2.71. The van der Waals surface area contributed by atoms with Gasteiger partial charge in [0.25, 0.3) is 5.91 Å². The maximum atomic E-state index is 12.9. The number of nitrogens with zero attached hydrogens (tertiary/aromatic N) is 1. The summed E-state index contributed by atoms with van der Waals surface area (Å²) in [4.78, 5) is 26.4. The van der Waals surface area contributed by atoms with E-state index in [-0.39, 0.29) is 11.7 Å². The number of aliphatic hydroxyl groups is 1. The van der Waals surface area contributed by atoms with Gasteiger partial charge in [0.1, 0.15) is 5.75 Å². The molecule has 0 saturated carbocycles. The molecule has 0 fully saturated rings. The molecule has 0 radical (unpaired) electrons. The minimum atomic E-state index is -0.750. The molecule has 5 heteroatoms. The first kappa shape index (κ1) is 16.8. The molecule has 2 amide bonds. The zero-order valence-corrected chi connectivity index (χ0v) is 14.3. The van der Waals surface area contributed by atoms with Crippen LogP contribution in [0.1, 0.15) is 25.0 Å². The van der Waals surface area contributed by atoms with E-state index in [2.05, 4.69) is 0 Å². The van der Waals surface area contributed by atoms with Crippen molar-refractivity contribution < 1.29 is 19.4 Å². The lowest BCUT2D eigenvalue weighted by Crippen LogP contribution is -2.32. The van der Waals surface area contributed by atoms with Crippen molar-refractivity contribution in [3.63, 3.8) is 0 Å². The predicted octanol–water partition coefficient (Wildman–Crippen LogP) is 3.62. The molecule has 1 heterocycles. The van der Waals surface area contributed by atoms with E-state index in [1.54, 1.807) is 36.4 Å². The van der Waals surface area contributed by atoms with Crippen LogP contribution in [0, 0.1) is 6.92 Å². The molecule has 3 rings (SSSR count). The van der Waals surface area contributed by atoms with E-state index in [9.17, 15) is 14.7 Å². The largest absolute Gasteiger partial charge is 0.502 e. The highest BCUT2D eigenvalue weighted by atomic mass is 16.5. The summed E-state index contributed by atoms with van der Waals surface area (Å²) in [6.07, 6.45) is -0.118. The number of carbonyl (C=O) groups excluding carboxylic acids is 2. The van der Waals surface area contributed by atoms with Crippen molar-refractivity contribution in [1.82, 2.24) is 0 Å². The summed E-state index contributed by atoms with van der Waals surface area (Å²) in [5.41, 5.74) is 1.85. The summed E-state index contributed by atoms with van der Waals surface area (Å²) < 4.78 is 5.70. The smallest absolute Gasteiger partial charge is 0.301 e. The number of anilines is 1. The Labute approximate surface area is 146 Å². The summed E-state index contributed by atoms with van der Waals surface area (Å²) in [6.45, 7) is 5.64. The monoisotopic (exact) mass is 337 g/mol. The van der Waals surface area contributed by atoms with Crippen LogP contribution in [0.15, 0.2) is 54.3 Å². The summed E-state index contributed by atoms with van der Waals surface area (Å²) in [5, 5.41) is 10.3. The van der Waals surface area contributed by atoms with Gasteiger partial charge in [0.15, 0.2) is 5.76 Å². The van der Waals surface area contributed by atoms with Gasteiger partial charge in [0.05, 0.1) is 17.4 Å².